The second-order valence-corrected chi connectivity index (χ2v) is 6.31. The van der Waals surface area contributed by atoms with Crippen molar-refractivity contribution in [1.82, 2.24) is 19.6 Å². The minimum Gasteiger partial charge on any atom is -0.323 e. The summed E-state index contributed by atoms with van der Waals surface area (Å²) < 4.78 is 16.9. The molecule has 0 saturated carbocycles. The molecule has 0 aliphatic rings. The van der Waals surface area contributed by atoms with E-state index in [1.54, 1.807) is 36.7 Å². The van der Waals surface area contributed by atoms with E-state index in [1.807, 2.05) is 0 Å². The van der Waals surface area contributed by atoms with Crippen LogP contribution in [0.2, 0.25) is 0 Å². The minimum absolute atomic E-state index is 0.0935. The highest BCUT2D eigenvalue weighted by molar-refractivity contribution is 5.91. The van der Waals surface area contributed by atoms with Crippen LogP contribution in [0.1, 0.15) is 23.4 Å². The fourth-order valence-corrected chi connectivity index (χ4v) is 2.81. The molecule has 28 heavy (non-hydrogen) atoms. The third-order valence-electron chi connectivity index (χ3n) is 4.32. The molecule has 3 aromatic rings. The molecule has 1 aromatic carbocycles. The van der Waals surface area contributed by atoms with Crippen LogP contribution in [-0.4, -0.2) is 30.4 Å². The Bertz CT molecular complexity index is 1030. The Labute approximate surface area is 159 Å². The summed E-state index contributed by atoms with van der Waals surface area (Å²) in [6.45, 7) is 4.03. The molecule has 2 aromatic heterocycles. The molecule has 0 fully saturated rings. The number of benzene rings is 1. The fraction of sp³-hybridized carbons (Fsp3) is 0.278. The van der Waals surface area contributed by atoms with Crippen molar-refractivity contribution >= 4 is 17.3 Å². The Kier molecular flexibility index (Phi) is 5.48. The highest BCUT2D eigenvalue weighted by Crippen LogP contribution is 2.21. The zero-order valence-corrected chi connectivity index (χ0v) is 15.4. The Balaban J connectivity index is 1.65. The summed E-state index contributed by atoms with van der Waals surface area (Å²) in [7, 11) is 0. The predicted octanol–water partition coefficient (Wildman–Crippen LogP) is 2.82. The number of nitrogens with zero attached hydrogens (tertiary/aromatic N) is 5. The van der Waals surface area contributed by atoms with Crippen molar-refractivity contribution in [1.29, 1.82) is 0 Å². The highest BCUT2D eigenvalue weighted by Gasteiger charge is 2.16. The molecule has 0 aliphatic heterocycles. The molecule has 0 radical (unpaired) electrons. The molecule has 0 aliphatic carbocycles. The number of nitrogens with one attached hydrogen (secondary N) is 1. The fourth-order valence-electron chi connectivity index (χ4n) is 2.81. The monoisotopic (exact) mass is 386 g/mol. The van der Waals surface area contributed by atoms with E-state index in [0.717, 1.165) is 6.20 Å². The summed E-state index contributed by atoms with van der Waals surface area (Å²) in [5.41, 5.74) is 2.29. The van der Waals surface area contributed by atoms with Crippen molar-refractivity contribution in [2.75, 3.05) is 5.32 Å². The molecule has 10 heteroatoms. The average molecular weight is 386 g/mol. The number of aromatic nitrogens is 4. The quantitative estimate of drug-likeness (QED) is 0.496. The molecular weight excluding hydrogens is 367 g/mol. The van der Waals surface area contributed by atoms with Crippen molar-refractivity contribution in [2.45, 2.75) is 33.4 Å². The van der Waals surface area contributed by atoms with Gasteiger partial charge < -0.3 is 5.32 Å². The molecule has 1 amide bonds. The van der Waals surface area contributed by atoms with Gasteiger partial charge in [-0.1, -0.05) is 18.2 Å². The Morgan fingerprint density at radius 1 is 1.32 bits per heavy atom. The van der Waals surface area contributed by atoms with Crippen molar-refractivity contribution in [3.63, 3.8) is 0 Å². The number of halogens is 1. The van der Waals surface area contributed by atoms with Crippen LogP contribution in [0.25, 0.3) is 0 Å². The van der Waals surface area contributed by atoms with Gasteiger partial charge in [-0.05, 0) is 19.9 Å². The van der Waals surface area contributed by atoms with E-state index in [-0.39, 0.29) is 36.9 Å². The van der Waals surface area contributed by atoms with E-state index < -0.39 is 4.92 Å². The van der Waals surface area contributed by atoms with Gasteiger partial charge in [0.25, 0.3) is 0 Å². The maximum Gasteiger partial charge on any atom is 0.306 e. The van der Waals surface area contributed by atoms with E-state index in [9.17, 15) is 19.3 Å². The van der Waals surface area contributed by atoms with Crippen LogP contribution in [0, 0.1) is 29.8 Å². The number of amides is 1. The zero-order chi connectivity index (χ0) is 20.3. The van der Waals surface area contributed by atoms with Crippen molar-refractivity contribution in [2.24, 2.45) is 0 Å². The summed E-state index contributed by atoms with van der Waals surface area (Å²) in [5, 5.41) is 21.7. The second-order valence-electron chi connectivity index (χ2n) is 6.31. The first-order chi connectivity index (χ1) is 13.3. The summed E-state index contributed by atoms with van der Waals surface area (Å²) in [6.07, 6.45) is 2.51. The maximum absolute atomic E-state index is 13.9. The van der Waals surface area contributed by atoms with Gasteiger partial charge in [0.05, 0.1) is 28.5 Å². The molecule has 0 saturated heterocycles. The van der Waals surface area contributed by atoms with Crippen LogP contribution in [0.4, 0.5) is 15.8 Å². The Hall–Kier alpha value is -3.56. The van der Waals surface area contributed by atoms with Crippen molar-refractivity contribution in [3.05, 3.63) is 69.5 Å². The maximum atomic E-state index is 13.9. The number of nitro groups is 1. The number of anilines is 1. The lowest BCUT2D eigenvalue weighted by atomic mass is 10.2. The molecule has 0 bridgehead atoms. The van der Waals surface area contributed by atoms with Crippen LogP contribution >= 0.6 is 0 Å². The van der Waals surface area contributed by atoms with Gasteiger partial charge in [0.2, 0.25) is 5.91 Å². The molecular formula is C18H19FN6O3. The van der Waals surface area contributed by atoms with Gasteiger partial charge in [0.15, 0.2) is 0 Å². The molecule has 9 nitrogen and oxygen atoms in total. The van der Waals surface area contributed by atoms with Gasteiger partial charge in [-0.25, -0.2) is 4.39 Å². The van der Waals surface area contributed by atoms with Crippen LogP contribution in [0.15, 0.2) is 36.7 Å². The summed E-state index contributed by atoms with van der Waals surface area (Å²) in [6, 6.07) is 6.46. The van der Waals surface area contributed by atoms with E-state index in [1.165, 1.54) is 16.9 Å². The molecule has 0 spiro atoms. The van der Waals surface area contributed by atoms with Gasteiger partial charge in [-0.15, -0.1) is 0 Å². The van der Waals surface area contributed by atoms with E-state index in [0.29, 0.717) is 22.6 Å². The molecule has 2 heterocycles. The first-order valence-corrected chi connectivity index (χ1v) is 8.59. The van der Waals surface area contributed by atoms with Gasteiger partial charge in [-0.2, -0.15) is 10.2 Å². The number of carbonyl (C=O) groups is 1. The number of carbonyl (C=O) groups excluding carboxylic acids is 1. The summed E-state index contributed by atoms with van der Waals surface area (Å²) in [5.74, 6) is -0.580. The highest BCUT2D eigenvalue weighted by atomic mass is 19.1. The molecule has 0 unspecified atom stereocenters. The topological polar surface area (TPSA) is 108 Å². The third kappa shape index (κ3) is 4.22. The van der Waals surface area contributed by atoms with Crippen molar-refractivity contribution < 1.29 is 14.1 Å². The van der Waals surface area contributed by atoms with Gasteiger partial charge in [0.1, 0.15) is 18.2 Å². The molecule has 146 valence electrons. The van der Waals surface area contributed by atoms with Gasteiger partial charge in [-0.3, -0.25) is 24.3 Å². The first-order valence-electron chi connectivity index (χ1n) is 8.59. The smallest absolute Gasteiger partial charge is 0.306 e. The van der Waals surface area contributed by atoms with Gasteiger partial charge in [0, 0.05) is 18.5 Å². The summed E-state index contributed by atoms with van der Waals surface area (Å²) >= 11 is 0. The minimum atomic E-state index is -0.541. The van der Waals surface area contributed by atoms with Crippen LogP contribution < -0.4 is 5.32 Å². The molecule has 1 N–H and O–H groups in total. The summed E-state index contributed by atoms with van der Waals surface area (Å²) in [4.78, 5) is 22.4. The largest absolute Gasteiger partial charge is 0.323 e. The lowest BCUT2D eigenvalue weighted by molar-refractivity contribution is -0.385. The molecule has 0 atom stereocenters. The average Bonchev–Trinajstić information content (AvgIpc) is 3.23. The number of hydrogen-bond donors (Lipinski definition) is 1. The van der Waals surface area contributed by atoms with Crippen molar-refractivity contribution in [3.8, 4) is 0 Å². The van der Waals surface area contributed by atoms with Gasteiger partial charge >= 0.3 is 5.69 Å². The number of hydrogen-bond acceptors (Lipinski definition) is 5. The third-order valence-corrected chi connectivity index (χ3v) is 4.32. The SMILES string of the molecule is Cc1nn(Cc2ccccc2F)c(C)c1NC(=O)CCn1cc([N+](=O)[O-])cn1. The standard InChI is InChI=1S/C18H19FN6O3/c1-12-18(13(2)24(22-12)10-14-5-3-4-6-16(14)19)21-17(26)7-8-23-11-15(9-20-23)25(27)28/h3-6,9,11H,7-8,10H2,1-2H3,(H,21,26). The lowest BCUT2D eigenvalue weighted by Gasteiger charge is -2.08. The predicted molar refractivity (Wildman–Crippen MR) is 99.3 cm³/mol. The van der Waals surface area contributed by atoms with Crippen LogP contribution in [0.5, 0.6) is 0 Å². The van der Waals surface area contributed by atoms with Crippen LogP contribution in [-0.2, 0) is 17.9 Å². The Morgan fingerprint density at radius 2 is 2.07 bits per heavy atom. The van der Waals surface area contributed by atoms with E-state index in [2.05, 4.69) is 15.5 Å². The zero-order valence-electron chi connectivity index (χ0n) is 15.4. The number of rotatable bonds is 7. The van der Waals surface area contributed by atoms with E-state index >= 15 is 0 Å². The molecule has 3 rings (SSSR count). The lowest BCUT2D eigenvalue weighted by Crippen LogP contribution is -2.16. The second kappa shape index (κ2) is 7.99. The number of aryl methyl sites for hydroxylation is 2. The first kappa shape index (κ1) is 19.2. The van der Waals surface area contributed by atoms with E-state index in [4.69, 9.17) is 0 Å². The van der Waals surface area contributed by atoms with Crippen LogP contribution in [0.3, 0.4) is 0 Å². The normalized spacial score (nSPS) is 10.8. The Morgan fingerprint density at radius 3 is 2.75 bits per heavy atom.